The number of carbonyl (C=O) groups is 2. The van der Waals surface area contributed by atoms with Crippen molar-refractivity contribution in [3.05, 3.63) is 76.8 Å². The van der Waals surface area contributed by atoms with Gasteiger partial charge in [-0.1, -0.05) is 30.3 Å². The third-order valence-corrected chi connectivity index (χ3v) is 6.32. The summed E-state index contributed by atoms with van der Waals surface area (Å²) >= 11 is 1.34. The third kappa shape index (κ3) is 4.16. The average molecular weight is 403 g/mol. The Labute approximate surface area is 161 Å². The van der Waals surface area contributed by atoms with Gasteiger partial charge in [0.05, 0.1) is 16.3 Å². The number of hydrogen-bond acceptors (Lipinski definition) is 7. The van der Waals surface area contributed by atoms with E-state index in [9.17, 15) is 18.0 Å². The van der Waals surface area contributed by atoms with E-state index in [4.69, 9.17) is 5.84 Å². The Bertz CT molecular complexity index is 996. The number of ketones is 1. The molecule has 9 heteroatoms. The highest BCUT2D eigenvalue weighted by Crippen LogP contribution is 2.19. The average Bonchev–Trinajstić information content (AvgIpc) is 3.22. The number of rotatable bonds is 6. The summed E-state index contributed by atoms with van der Waals surface area (Å²) < 4.78 is 25.2. The molecule has 1 aromatic carbocycles. The minimum atomic E-state index is -4.15. The topological polar surface area (TPSA) is 101 Å². The van der Waals surface area contributed by atoms with Gasteiger partial charge in [0.15, 0.2) is 5.78 Å². The summed E-state index contributed by atoms with van der Waals surface area (Å²) in [6.45, 7) is 0.0454. The van der Waals surface area contributed by atoms with Gasteiger partial charge in [-0.25, -0.2) is 5.84 Å². The molecule has 0 fully saturated rings. The second kappa shape index (κ2) is 7.87. The summed E-state index contributed by atoms with van der Waals surface area (Å²) in [5, 5.41) is 1.81. The molecular formula is C18H17N3O4S2. The molecule has 0 saturated heterocycles. The molecule has 0 radical (unpaired) electrons. The number of thiophene rings is 1. The molecule has 2 N–H and O–H groups in total. The number of nitrogens with zero attached hydrogens (tertiary/aromatic N) is 2. The van der Waals surface area contributed by atoms with Crippen LogP contribution in [0.4, 0.5) is 0 Å². The van der Waals surface area contributed by atoms with Crippen LogP contribution in [0.25, 0.3) is 0 Å². The number of nitrogens with two attached hydrogens (primary N) is 1. The van der Waals surface area contributed by atoms with Crippen LogP contribution in [0.3, 0.4) is 0 Å². The van der Waals surface area contributed by atoms with Crippen LogP contribution in [0.5, 0.6) is 0 Å². The lowest BCUT2D eigenvalue weighted by molar-refractivity contribution is -0.123. The molecule has 1 aliphatic heterocycles. The Balaban J connectivity index is 1.76. The first-order chi connectivity index (χ1) is 12.9. The lowest BCUT2D eigenvalue weighted by atomic mass is 10.1. The first kappa shape index (κ1) is 19.0. The lowest BCUT2D eigenvalue weighted by Crippen LogP contribution is -2.43. The quantitative estimate of drug-likeness (QED) is 0.343. The van der Waals surface area contributed by atoms with Crippen molar-refractivity contribution >= 4 is 33.1 Å². The summed E-state index contributed by atoms with van der Waals surface area (Å²) in [5.74, 6) is 4.70. The molecule has 0 aliphatic carbocycles. The van der Waals surface area contributed by atoms with Gasteiger partial charge in [0.1, 0.15) is 0 Å². The Morgan fingerprint density at radius 3 is 2.56 bits per heavy atom. The molecule has 27 heavy (non-hydrogen) atoms. The number of benzene rings is 1. The maximum absolute atomic E-state index is 12.6. The van der Waals surface area contributed by atoms with Crippen molar-refractivity contribution in [2.75, 3.05) is 6.54 Å². The number of hydrogen-bond donors (Lipinski definition) is 1. The molecule has 7 nitrogen and oxygen atoms in total. The summed E-state index contributed by atoms with van der Waals surface area (Å²) in [4.78, 5) is 26.9. The fourth-order valence-electron chi connectivity index (χ4n) is 2.49. The maximum Gasteiger partial charge on any atom is 0.280 e. The maximum atomic E-state index is 12.6. The van der Waals surface area contributed by atoms with Crippen molar-refractivity contribution in [1.82, 2.24) is 9.31 Å². The van der Waals surface area contributed by atoms with Crippen molar-refractivity contribution in [2.45, 2.75) is 11.3 Å². The van der Waals surface area contributed by atoms with Crippen molar-refractivity contribution in [3.8, 4) is 0 Å². The third-order valence-electron chi connectivity index (χ3n) is 3.85. The molecule has 2 heterocycles. The minimum absolute atomic E-state index is 0.0454. The largest absolute Gasteiger partial charge is 0.346 e. The molecule has 0 unspecified atom stereocenters. The van der Waals surface area contributed by atoms with E-state index in [-0.39, 0.29) is 33.6 Å². The predicted molar refractivity (Wildman–Crippen MR) is 102 cm³/mol. The van der Waals surface area contributed by atoms with Gasteiger partial charge in [-0.3, -0.25) is 9.59 Å². The first-order valence-corrected chi connectivity index (χ1v) is 10.3. The van der Waals surface area contributed by atoms with E-state index in [1.807, 2.05) is 5.38 Å². The van der Waals surface area contributed by atoms with E-state index in [1.165, 1.54) is 29.7 Å². The van der Waals surface area contributed by atoms with Crippen LogP contribution in [-0.4, -0.2) is 36.0 Å². The second-order valence-electron chi connectivity index (χ2n) is 5.74. The molecule has 0 saturated carbocycles. The van der Waals surface area contributed by atoms with E-state index in [1.54, 1.807) is 47.5 Å². The number of hydrazine groups is 1. The Kier molecular flexibility index (Phi) is 5.54. The van der Waals surface area contributed by atoms with Crippen molar-refractivity contribution < 1.29 is 18.0 Å². The standard InChI is InChI=1S/C18H17N3O4S2/c19-21(27(24,25)15-7-2-1-3-8-15)18(23)14-6-4-10-20(12-14)13-16(22)17-9-5-11-26-17/h1-5,7-12H,6,13,19H2. The van der Waals surface area contributed by atoms with Crippen molar-refractivity contribution in [2.24, 2.45) is 5.84 Å². The van der Waals surface area contributed by atoms with Crippen LogP contribution in [0.1, 0.15) is 16.1 Å². The van der Waals surface area contributed by atoms with Gasteiger partial charge in [-0.15, -0.1) is 11.3 Å². The van der Waals surface area contributed by atoms with Crippen LogP contribution in [0.15, 0.2) is 76.8 Å². The van der Waals surface area contributed by atoms with Gasteiger partial charge in [-0.2, -0.15) is 12.8 Å². The van der Waals surface area contributed by atoms with E-state index in [0.717, 1.165) is 0 Å². The zero-order valence-corrected chi connectivity index (χ0v) is 15.8. The fourth-order valence-corrected chi connectivity index (χ4v) is 4.21. The smallest absolute Gasteiger partial charge is 0.280 e. The summed E-state index contributed by atoms with van der Waals surface area (Å²) in [7, 11) is -4.15. The van der Waals surface area contributed by atoms with E-state index < -0.39 is 15.9 Å². The van der Waals surface area contributed by atoms with Gasteiger partial charge in [0, 0.05) is 18.0 Å². The molecule has 0 bridgehead atoms. The number of allylic oxidation sites excluding steroid dienone is 1. The van der Waals surface area contributed by atoms with Crippen molar-refractivity contribution in [1.29, 1.82) is 0 Å². The van der Waals surface area contributed by atoms with Gasteiger partial charge < -0.3 is 4.90 Å². The predicted octanol–water partition coefficient (Wildman–Crippen LogP) is 2.13. The van der Waals surface area contributed by atoms with Crippen LogP contribution in [-0.2, 0) is 14.8 Å². The van der Waals surface area contributed by atoms with Crippen LogP contribution < -0.4 is 5.84 Å². The minimum Gasteiger partial charge on any atom is -0.346 e. The molecule has 1 amide bonds. The van der Waals surface area contributed by atoms with Gasteiger partial charge in [0.25, 0.3) is 15.9 Å². The number of amides is 1. The monoisotopic (exact) mass is 403 g/mol. The van der Waals surface area contributed by atoms with E-state index in [2.05, 4.69) is 0 Å². The van der Waals surface area contributed by atoms with Crippen LogP contribution in [0, 0.1) is 0 Å². The highest BCUT2D eigenvalue weighted by Gasteiger charge is 2.29. The number of Topliss-reactive ketones (excluding diaryl/α,β-unsaturated/α-hetero) is 1. The lowest BCUT2D eigenvalue weighted by Gasteiger charge is -2.23. The van der Waals surface area contributed by atoms with Crippen LogP contribution in [0.2, 0.25) is 0 Å². The SMILES string of the molecule is NN(C(=O)C1=CN(CC(=O)c2cccs2)C=CC1)S(=O)(=O)c1ccccc1. The molecule has 0 atom stereocenters. The van der Waals surface area contributed by atoms with E-state index >= 15 is 0 Å². The molecule has 1 aromatic heterocycles. The Morgan fingerprint density at radius 2 is 1.89 bits per heavy atom. The Hall–Kier alpha value is -2.75. The van der Waals surface area contributed by atoms with Gasteiger partial charge in [0.2, 0.25) is 0 Å². The molecule has 1 aliphatic rings. The Morgan fingerprint density at radius 1 is 1.15 bits per heavy atom. The van der Waals surface area contributed by atoms with Crippen LogP contribution >= 0.6 is 11.3 Å². The molecule has 0 spiro atoms. The first-order valence-electron chi connectivity index (χ1n) is 7.99. The van der Waals surface area contributed by atoms with Gasteiger partial charge in [-0.05, 0) is 30.0 Å². The summed E-state index contributed by atoms with van der Waals surface area (Å²) in [5.41, 5.74) is 0.179. The zero-order valence-electron chi connectivity index (χ0n) is 14.2. The molecule has 3 rings (SSSR count). The molecule has 140 valence electrons. The normalized spacial score (nSPS) is 14.0. The summed E-state index contributed by atoms with van der Waals surface area (Å²) in [6.07, 6.45) is 5.03. The fraction of sp³-hybridized carbons (Fsp3) is 0.111. The van der Waals surface area contributed by atoms with Gasteiger partial charge >= 0.3 is 0 Å². The van der Waals surface area contributed by atoms with E-state index in [0.29, 0.717) is 4.88 Å². The van der Waals surface area contributed by atoms with Crippen molar-refractivity contribution in [3.63, 3.8) is 0 Å². The number of carbonyl (C=O) groups excluding carboxylic acids is 2. The highest BCUT2D eigenvalue weighted by atomic mass is 32.2. The highest BCUT2D eigenvalue weighted by molar-refractivity contribution is 7.89. The zero-order chi connectivity index (χ0) is 19.4. The molecular weight excluding hydrogens is 386 g/mol. The second-order valence-corrected chi connectivity index (χ2v) is 8.50. The number of sulfonamides is 1. The molecule has 2 aromatic rings. The summed E-state index contributed by atoms with van der Waals surface area (Å²) in [6, 6.07) is 11.0.